The van der Waals surface area contributed by atoms with Gasteiger partial charge in [0.05, 0.1) is 11.2 Å². The Bertz CT molecular complexity index is 1180. The average Bonchev–Trinajstić information content (AvgIpc) is 2.69. The number of anilines is 1. The molecule has 0 unspecified atom stereocenters. The summed E-state index contributed by atoms with van der Waals surface area (Å²) in [5.74, 6) is -1.87. The van der Waals surface area contributed by atoms with Gasteiger partial charge in [0.25, 0.3) is 0 Å². The Kier molecular flexibility index (Phi) is 4.71. The number of aromatic nitrogens is 1. The number of nitrogens with zero attached hydrogens (tertiary/aromatic N) is 2. The van der Waals surface area contributed by atoms with Crippen molar-refractivity contribution in [1.29, 1.82) is 0 Å². The van der Waals surface area contributed by atoms with Crippen LogP contribution in [0.4, 0.5) is 10.1 Å². The van der Waals surface area contributed by atoms with Gasteiger partial charge >= 0.3 is 5.97 Å². The van der Waals surface area contributed by atoms with E-state index in [9.17, 15) is 24.2 Å². The molecule has 1 aromatic heterocycles. The maximum atomic E-state index is 14.9. The van der Waals surface area contributed by atoms with Crippen LogP contribution in [0.1, 0.15) is 15.9 Å². The first-order valence-corrected chi connectivity index (χ1v) is 9.24. The Labute approximate surface area is 165 Å². The predicted octanol–water partition coefficient (Wildman–Crippen LogP) is 2.25. The van der Waals surface area contributed by atoms with E-state index in [4.69, 9.17) is 0 Å². The monoisotopic (exact) mass is 397 g/mol. The second-order valence-electron chi connectivity index (χ2n) is 7.08. The molecule has 0 bridgehead atoms. The number of carboxylic acid groups (broad SMARTS) is 1. The normalized spacial score (nSPS) is 14.3. The van der Waals surface area contributed by atoms with Gasteiger partial charge in [0, 0.05) is 43.4 Å². The number of hydrogen-bond donors (Lipinski definition) is 3. The SMILES string of the molecule is Cc1cc(O)ccc1-n1cc(C(=O)O)c(=O)c2cc(F)c(N3CCNCC3)cc21. The van der Waals surface area contributed by atoms with E-state index in [1.54, 1.807) is 29.7 Å². The highest BCUT2D eigenvalue weighted by atomic mass is 19.1. The molecule has 1 saturated heterocycles. The highest BCUT2D eigenvalue weighted by Crippen LogP contribution is 2.29. The molecule has 3 N–H and O–H groups in total. The van der Waals surface area contributed by atoms with Crippen LogP contribution in [0, 0.1) is 12.7 Å². The molecule has 1 fully saturated rings. The number of hydrogen-bond acceptors (Lipinski definition) is 5. The molecule has 2 aromatic carbocycles. The standard InChI is InChI=1S/C21H20FN3O4/c1-12-8-13(26)2-3-17(12)25-11-15(21(28)29)20(27)14-9-16(22)19(10-18(14)25)24-6-4-23-5-7-24/h2-3,8-11,23,26H,4-7H2,1H3,(H,28,29). The molecule has 0 spiro atoms. The van der Waals surface area contributed by atoms with Crippen LogP contribution in [0.3, 0.4) is 0 Å². The lowest BCUT2D eigenvalue weighted by Crippen LogP contribution is -2.43. The lowest BCUT2D eigenvalue weighted by Gasteiger charge is -2.30. The van der Waals surface area contributed by atoms with Crippen molar-refractivity contribution in [2.75, 3.05) is 31.1 Å². The third kappa shape index (κ3) is 3.31. The van der Waals surface area contributed by atoms with E-state index in [1.165, 1.54) is 12.3 Å². The molecule has 0 atom stereocenters. The van der Waals surface area contributed by atoms with Gasteiger partial charge in [0.15, 0.2) is 0 Å². The number of phenols is 1. The number of pyridine rings is 1. The molecule has 0 radical (unpaired) electrons. The Hall–Kier alpha value is -3.39. The predicted molar refractivity (Wildman–Crippen MR) is 108 cm³/mol. The van der Waals surface area contributed by atoms with Crippen molar-refractivity contribution >= 4 is 22.6 Å². The summed E-state index contributed by atoms with van der Waals surface area (Å²) in [5.41, 5.74) is 0.869. The summed E-state index contributed by atoms with van der Waals surface area (Å²) in [4.78, 5) is 26.2. The van der Waals surface area contributed by atoms with Crippen molar-refractivity contribution < 1.29 is 19.4 Å². The summed E-state index contributed by atoms with van der Waals surface area (Å²) in [6.07, 6.45) is 1.26. The number of benzene rings is 2. The summed E-state index contributed by atoms with van der Waals surface area (Å²) >= 11 is 0. The molecule has 0 saturated carbocycles. The maximum Gasteiger partial charge on any atom is 0.341 e. The Morgan fingerprint density at radius 1 is 1.14 bits per heavy atom. The number of aromatic carboxylic acids is 1. The second-order valence-corrected chi connectivity index (χ2v) is 7.08. The number of nitrogens with one attached hydrogen (secondary N) is 1. The van der Waals surface area contributed by atoms with E-state index in [2.05, 4.69) is 5.32 Å². The third-order valence-corrected chi connectivity index (χ3v) is 5.20. The summed E-state index contributed by atoms with van der Waals surface area (Å²) in [5, 5.41) is 22.4. The highest BCUT2D eigenvalue weighted by Gasteiger charge is 2.21. The fourth-order valence-electron chi connectivity index (χ4n) is 3.74. The lowest BCUT2D eigenvalue weighted by molar-refractivity contribution is 0.0695. The zero-order chi connectivity index (χ0) is 20.7. The van der Waals surface area contributed by atoms with Crippen LogP contribution < -0.4 is 15.6 Å². The molecular formula is C21H20FN3O4. The van der Waals surface area contributed by atoms with Gasteiger partial charge in [-0.1, -0.05) is 0 Å². The summed E-state index contributed by atoms with van der Waals surface area (Å²) in [6, 6.07) is 7.37. The highest BCUT2D eigenvalue weighted by molar-refractivity contribution is 5.94. The Morgan fingerprint density at radius 3 is 2.52 bits per heavy atom. The second kappa shape index (κ2) is 7.21. The minimum atomic E-state index is -1.38. The number of carbonyl (C=O) groups is 1. The van der Waals surface area contributed by atoms with Gasteiger partial charge in [0.2, 0.25) is 5.43 Å². The molecule has 150 valence electrons. The van der Waals surface area contributed by atoms with Crippen LogP contribution in [-0.4, -0.2) is 46.9 Å². The Morgan fingerprint density at radius 2 is 1.86 bits per heavy atom. The van der Waals surface area contributed by atoms with Gasteiger partial charge in [0.1, 0.15) is 17.1 Å². The van der Waals surface area contributed by atoms with Gasteiger partial charge in [-0.2, -0.15) is 0 Å². The quantitative estimate of drug-likeness (QED) is 0.628. The van der Waals surface area contributed by atoms with Crippen LogP contribution in [-0.2, 0) is 0 Å². The number of halogens is 1. The van der Waals surface area contributed by atoms with Crippen molar-refractivity contribution in [1.82, 2.24) is 9.88 Å². The van der Waals surface area contributed by atoms with E-state index >= 15 is 0 Å². The summed E-state index contributed by atoms with van der Waals surface area (Å²) < 4.78 is 16.5. The molecule has 0 amide bonds. The summed E-state index contributed by atoms with van der Waals surface area (Å²) in [6.45, 7) is 4.45. The van der Waals surface area contributed by atoms with E-state index in [0.717, 1.165) is 19.2 Å². The molecule has 8 heteroatoms. The first kappa shape index (κ1) is 18.9. The molecule has 0 aliphatic carbocycles. The minimum absolute atomic E-state index is 0.00578. The van der Waals surface area contributed by atoms with E-state index in [-0.39, 0.29) is 11.1 Å². The topological polar surface area (TPSA) is 94.8 Å². The number of aryl methyl sites for hydroxylation is 1. The van der Waals surface area contributed by atoms with E-state index in [1.807, 2.05) is 4.90 Å². The van der Waals surface area contributed by atoms with Crippen LogP contribution in [0.25, 0.3) is 16.6 Å². The van der Waals surface area contributed by atoms with Crippen LogP contribution in [0.5, 0.6) is 5.75 Å². The van der Waals surface area contributed by atoms with Gasteiger partial charge < -0.3 is 25.0 Å². The van der Waals surface area contributed by atoms with Crippen molar-refractivity contribution in [3.63, 3.8) is 0 Å². The van der Waals surface area contributed by atoms with Gasteiger partial charge in [-0.05, 0) is 42.8 Å². The van der Waals surface area contributed by atoms with Crippen LogP contribution in [0.2, 0.25) is 0 Å². The fourth-order valence-corrected chi connectivity index (χ4v) is 3.74. The van der Waals surface area contributed by atoms with Crippen molar-refractivity contribution in [2.45, 2.75) is 6.92 Å². The number of phenolic OH excluding ortho intramolecular Hbond substituents is 1. The van der Waals surface area contributed by atoms with Crippen LogP contribution >= 0.6 is 0 Å². The molecule has 2 heterocycles. The number of rotatable bonds is 3. The van der Waals surface area contributed by atoms with Crippen molar-refractivity contribution in [3.05, 3.63) is 63.7 Å². The fraction of sp³-hybridized carbons (Fsp3) is 0.238. The van der Waals surface area contributed by atoms with E-state index < -0.39 is 22.8 Å². The number of fused-ring (bicyclic) bond motifs is 1. The minimum Gasteiger partial charge on any atom is -0.508 e. The number of aromatic hydroxyl groups is 1. The number of piperazine rings is 1. The maximum absolute atomic E-state index is 14.9. The molecule has 29 heavy (non-hydrogen) atoms. The number of carboxylic acids is 1. The first-order valence-electron chi connectivity index (χ1n) is 9.24. The van der Waals surface area contributed by atoms with Crippen molar-refractivity contribution in [2.24, 2.45) is 0 Å². The van der Waals surface area contributed by atoms with Crippen molar-refractivity contribution in [3.8, 4) is 11.4 Å². The molecule has 1 aliphatic rings. The van der Waals surface area contributed by atoms with Gasteiger partial charge in [-0.3, -0.25) is 4.79 Å². The molecule has 1 aliphatic heterocycles. The summed E-state index contributed by atoms with van der Waals surface area (Å²) in [7, 11) is 0. The zero-order valence-corrected chi connectivity index (χ0v) is 15.8. The lowest BCUT2D eigenvalue weighted by atomic mass is 10.1. The smallest absolute Gasteiger partial charge is 0.341 e. The molecule has 3 aromatic rings. The largest absolute Gasteiger partial charge is 0.508 e. The van der Waals surface area contributed by atoms with Gasteiger partial charge in [-0.15, -0.1) is 0 Å². The molecule has 7 nitrogen and oxygen atoms in total. The average molecular weight is 397 g/mol. The van der Waals surface area contributed by atoms with E-state index in [0.29, 0.717) is 35.5 Å². The zero-order valence-electron chi connectivity index (χ0n) is 15.8. The van der Waals surface area contributed by atoms with Crippen LogP contribution in [0.15, 0.2) is 41.3 Å². The molecule has 4 rings (SSSR count). The first-order chi connectivity index (χ1) is 13.9. The Balaban J connectivity index is 2.05. The third-order valence-electron chi connectivity index (χ3n) is 5.20. The molecular weight excluding hydrogens is 377 g/mol. The van der Waals surface area contributed by atoms with Gasteiger partial charge in [-0.25, -0.2) is 9.18 Å².